The molecule has 0 aliphatic rings. The zero-order valence-corrected chi connectivity index (χ0v) is 9.86. The summed E-state index contributed by atoms with van der Waals surface area (Å²) in [6.07, 6.45) is 5.77. The highest BCUT2D eigenvalue weighted by Crippen LogP contribution is 2.00. The van der Waals surface area contributed by atoms with Crippen molar-refractivity contribution in [3.63, 3.8) is 0 Å². The molecule has 0 amide bonds. The number of rotatable bonds is 7. The molecule has 0 aliphatic heterocycles. The van der Waals surface area contributed by atoms with Crippen LogP contribution >= 0.6 is 0 Å². The van der Waals surface area contributed by atoms with Crippen LogP contribution in [0.1, 0.15) is 19.2 Å². The highest BCUT2D eigenvalue weighted by atomic mass is 16.5. The first-order valence-corrected chi connectivity index (χ1v) is 5.49. The van der Waals surface area contributed by atoms with Gasteiger partial charge in [-0.1, -0.05) is 6.92 Å². The molecule has 0 spiro atoms. The van der Waals surface area contributed by atoms with Crippen LogP contribution in [-0.2, 0) is 18.2 Å². The van der Waals surface area contributed by atoms with E-state index in [4.69, 9.17) is 4.74 Å². The van der Waals surface area contributed by atoms with Crippen LogP contribution in [-0.4, -0.2) is 35.9 Å². The van der Waals surface area contributed by atoms with Crippen LogP contribution in [0.2, 0.25) is 0 Å². The number of aromatic nitrogens is 2. The molecule has 4 heteroatoms. The summed E-state index contributed by atoms with van der Waals surface area (Å²) in [6, 6.07) is 0.345. The van der Waals surface area contributed by atoms with Crippen LogP contribution in [0, 0.1) is 0 Å². The molecule has 1 heterocycles. The number of likely N-dealkylation sites (N-methyl/N-ethyl adjacent to an activating group) is 1. The van der Waals surface area contributed by atoms with Crippen molar-refractivity contribution in [2.45, 2.75) is 25.8 Å². The molecule has 1 aromatic rings. The third-order valence-electron chi connectivity index (χ3n) is 2.43. The summed E-state index contributed by atoms with van der Waals surface area (Å²) in [4.78, 5) is 4.30. The summed E-state index contributed by atoms with van der Waals surface area (Å²) >= 11 is 0. The standard InChI is InChI=1S/C11H21N3O/c1-4-7-15-9-10(12-2)8-11-13-5-6-14(11)3/h5-6,10,12H,4,7-9H2,1-3H3. The molecule has 0 saturated heterocycles. The zero-order valence-electron chi connectivity index (χ0n) is 9.86. The Hall–Kier alpha value is -0.870. The fourth-order valence-corrected chi connectivity index (χ4v) is 1.43. The van der Waals surface area contributed by atoms with Gasteiger partial charge in [0.1, 0.15) is 5.82 Å². The van der Waals surface area contributed by atoms with Crippen LogP contribution in [0.15, 0.2) is 12.4 Å². The lowest BCUT2D eigenvalue weighted by molar-refractivity contribution is 0.113. The molecule has 0 saturated carbocycles. The summed E-state index contributed by atoms with van der Waals surface area (Å²) in [5.41, 5.74) is 0. The molecule has 86 valence electrons. The van der Waals surface area contributed by atoms with Gasteiger partial charge in [-0.25, -0.2) is 4.98 Å². The van der Waals surface area contributed by atoms with Gasteiger partial charge in [0.05, 0.1) is 6.61 Å². The molecule has 4 nitrogen and oxygen atoms in total. The monoisotopic (exact) mass is 211 g/mol. The fourth-order valence-electron chi connectivity index (χ4n) is 1.43. The number of hydrogen-bond acceptors (Lipinski definition) is 3. The molecule has 1 atom stereocenters. The number of aryl methyl sites for hydroxylation is 1. The Kier molecular flexibility index (Phi) is 5.36. The third-order valence-corrected chi connectivity index (χ3v) is 2.43. The van der Waals surface area contributed by atoms with Gasteiger partial charge in [0, 0.05) is 38.5 Å². The van der Waals surface area contributed by atoms with E-state index in [9.17, 15) is 0 Å². The summed E-state index contributed by atoms with van der Waals surface area (Å²) < 4.78 is 7.57. The van der Waals surface area contributed by atoms with E-state index in [2.05, 4.69) is 17.2 Å². The lowest BCUT2D eigenvalue weighted by Gasteiger charge is -2.15. The predicted octanol–water partition coefficient (Wildman–Crippen LogP) is 0.977. The molecular weight excluding hydrogens is 190 g/mol. The summed E-state index contributed by atoms with van der Waals surface area (Å²) in [5.74, 6) is 1.09. The Labute approximate surface area is 91.7 Å². The minimum Gasteiger partial charge on any atom is -0.380 e. The average Bonchev–Trinajstić information content (AvgIpc) is 2.63. The molecular formula is C11H21N3O. The van der Waals surface area contributed by atoms with E-state index >= 15 is 0 Å². The summed E-state index contributed by atoms with van der Waals surface area (Å²) in [6.45, 7) is 3.70. The second kappa shape index (κ2) is 6.58. The van der Waals surface area contributed by atoms with E-state index in [1.54, 1.807) is 0 Å². The molecule has 0 aliphatic carbocycles. The summed E-state index contributed by atoms with van der Waals surface area (Å²) in [7, 11) is 3.98. The molecule has 1 rings (SSSR count). The van der Waals surface area contributed by atoms with Crippen LogP contribution in [0.25, 0.3) is 0 Å². The van der Waals surface area contributed by atoms with E-state index in [0.29, 0.717) is 6.04 Å². The predicted molar refractivity (Wildman–Crippen MR) is 60.9 cm³/mol. The maximum Gasteiger partial charge on any atom is 0.110 e. The zero-order chi connectivity index (χ0) is 11.1. The second-order valence-electron chi connectivity index (χ2n) is 3.72. The van der Waals surface area contributed by atoms with Crippen molar-refractivity contribution in [1.29, 1.82) is 0 Å². The SMILES string of the molecule is CCCOCC(Cc1nccn1C)NC. The van der Waals surface area contributed by atoms with Crippen molar-refractivity contribution in [3.8, 4) is 0 Å². The Morgan fingerprint density at radius 3 is 2.93 bits per heavy atom. The molecule has 0 fully saturated rings. The Morgan fingerprint density at radius 1 is 1.60 bits per heavy atom. The molecule has 0 bridgehead atoms. The van der Waals surface area contributed by atoms with Crippen LogP contribution in [0.4, 0.5) is 0 Å². The van der Waals surface area contributed by atoms with E-state index in [0.717, 1.165) is 31.9 Å². The Balaban J connectivity index is 2.36. The van der Waals surface area contributed by atoms with Gasteiger partial charge in [-0.15, -0.1) is 0 Å². The van der Waals surface area contributed by atoms with Gasteiger partial charge >= 0.3 is 0 Å². The number of ether oxygens (including phenoxy) is 1. The highest BCUT2D eigenvalue weighted by molar-refractivity contribution is 4.94. The van der Waals surface area contributed by atoms with Crippen molar-refractivity contribution in [2.75, 3.05) is 20.3 Å². The second-order valence-corrected chi connectivity index (χ2v) is 3.72. The van der Waals surface area contributed by atoms with Crippen molar-refractivity contribution >= 4 is 0 Å². The minimum atomic E-state index is 0.345. The van der Waals surface area contributed by atoms with Gasteiger partial charge in [-0.05, 0) is 13.5 Å². The van der Waals surface area contributed by atoms with Gasteiger partial charge in [-0.2, -0.15) is 0 Å². The first kappa shape index (κ1) is 12.2. The number of nitrogens with zero attached hydrogens (tertiary/aromatic N) is 2. The van der Waals surface area contributed by atoms with Crippen molar-refractivity contribution in [1.82, 2.24) is 14.9 Å². The molecule has 1 aromatic heterocycles. The molecule has 15 heavy (non-hydrogen) atoms. The van der Waals surface area contributed by atoms with Gasteiger partial charge in [0.2, 0.25) is 0 Å². The van der Waals surface area contributed by atoms with Crippen molar-refractivity contribution in [3.05, 3.63) is 18.2 Å². The quantitative estimate of drug-likeness (QED) is 0.683. The van der Waals surface area contributed by atoms with Gasteiger partial charge in [-0.3, -0.25) is 0 Å². The Morgan fingerprint density at radius 2 is 2.40 bits per heavy atom. The molecule has 1 unspecified atom stereocenters. The number of nitrogens with one attached hydrogen (secondary N) is 1. The molecule has 0 radical (unpaired) electrons. The normalized spacial score (nSPS) is 13.0. The largest absolute Gasteiger partial charge is 0.380 e. The van der Waals surface area contributed by atoms with Gasteiger partial charge in [0.25, 0.3) is 0 Å². The number of hydrogen-bond donors (Lipinski definition) is 1. The highest BCUT2D eigenvalue weighted by Gasteiger charge is 2.10. The lowest BCUT2D eigenvalue weighted by atomic mass is 10.2. The van der Waals surface area contributed by atoms with Gasteiger partial charge in [0.15, 0.2) is 0 Å². The van der Waals surface area contributed by atoms with E-state index < -0.39 is 0 Å². The third kappa shape index (κ3) is 4.01. The molecule has 0 aromatic carbocycles. The van der Waals surface area contributed by atoms with E-state index in [1.807, 2.05) is 31.1 Å². The van der Waals surface area contributed by atoms with Crippen molar-refractivity contribution in [2.24, 2.45) is 7.05 Å². The van der Waals surface area contributed by atoms with Crippen LogP contribution in [0.5, 0.6) is 0 Å². The number of imidazole rings is 1. The average molecular weight is 211 g/mol. The lowest BCUT2D eigenvalue weighted by Crippen LogP contribution is -2.33. The first-order valence-electron chi connectivity index (χ1n) is 5.49. The van der Waals surface area contributed by atoms with Crippen LogP contribution < -0.4 is 5.32 Å². The first-order chi connectivity index (χ1) is 7.27. The van der Waals surface area contributed by atoms with Crippen molar-refractivity contribution < 1.29 is 4.74 Å². The minimum absolute atomic E-state index is 0.345. The maximum atomic E-state index is 5.52. The van der Waals surface area contributed by atoms with Crippen LogP contribution in [0.3, 0.4) is 0 Å². The van der Waals surface area contributed by atoms with E-state index in [1.165, 1.54) is 0 Å². The smallest absolute Gasteiger partial charge is 0.110 e. The Bertz CT molecular complexity index is 273. The molecule has 1 N–H and O–H groups in total. The van der Waals surface area contributed by atoms with Gasteiger partial charge < -0.3 is 14.6 Å². The summed E-state index contributed by atoms with van der Waals surface area (Å²) in [5, 5.41) is 3.25. The topological polar surface area (TPSA) is 39.1 Å². The fraction of sp³-hybridized carbons (Fsp3) is 0.727. The maximum absolute atomic E-state index is 5.52. The van der Waals surface area contributed by atoms with E-state index in [-0.39, 0.29) is 0 Å².